The van der Waals surface area contributed by atoms with Crippen LogP contribution >= 0.6 is 15.9 Å². The maximum Gasteiger partial charge on any atom is 0.306 e. The summed E-state index contributed by atoms with van der Waals surface area (Å²) < 4.78 is 13.6. The van der Waals surface area contributed by atoms with Crippen LogP contribution in [0.2, 0.25) is 0 Å². The van der Waals surface area contributed by atoms with E-state index in [1.807, 2.05) is 0 Å². The van der Waals surface area contributed by atoms with Gasteiger partial charge in [-0.15, -0.1) is 0 Å². The van der Waals surface area contributed by atoms with Crippen LogP contribution in [0, 0.1) is 15.9 Å². The number of benzene rings is 1. The molecule has 102 valence electrons. The molecule has 0 aliphatic heterocycles. The molecule has 0 saturated carbocycles. The summed E-state index contributed by atoms with van der Waals surface area (Å²) in [6, 6.07) is 6.11. The van der Waals surface area contributed by atoms with Gasteiger partial charge in [0.15, 0.2) is 0 Å². The smallest absolute Gasteiger partial charge is 0.306 e. The summed E-state index contributed by atoms with van der Waals surface area (Å²) in [7, 11) is 0. The van der Waals surface area contributed by atoms with E-state index in [0.29, 0.717) is 10.2 Å². The van der Waals surface area contributed by atoms with Gasteiger partial charge in [0.2, 0.25) is 5.82 Å². The van der Waals surface area contributed by atoms with E-state index in [4.69, 9.17) is 0 Å². The normalized spacial score (nSPS) is 10.1. The number of nitrogens with zero attached hydrogens (tertiary/aromatic N) is 2. The predicted molar refractivity (Wildman–Crippen MR) is 72.9 cm³/mol. The second kappa shape index (κ2) is 5.74. The molecule has 2 rings (SSSR count). The van der Waals surface area contributed by atoms with Gasteiger partial charge in [0.25, 0.3) is 5.91 Å². The lowest BCUT2D eigenvalue weighted by Gasteiger charge is -2.05. The summed E-state index contributed by atoms with van der Waals surface area (Å²) in [6.07, 6.45) is 1.44. The van der Waals surface area contributed by atoms with Crippen molar-refractivity contribution in [3.05, 3.63) is 62.6 Å². The summed E-state index contributed by atoms with van der Waals surface area (Å²) in [5, 5.41) is 13.1. The number of anilines is 1. The van der Waals surface area contributed by atoms with E-state index in [2.05, 4.69) is 26.2 Å². The number of halogens is 2. The van der Waals surface area contributed by atoms with E-state index in [1.165, 1.54) is 24.4 Å². The van der Waals surface area contributed by atoms with Crippen LogP contribution < -0.4 is 5.32 Å². The maximum atomic E-state index is 13.2. The van der Waals surface area contributed by atoms with E-state index in [-0.39, 0.29) is 5.69 Å². The van der Waals surface area contributed by atoms with Crippen molar-refractivity contribution in [1.82, 2.24) is 4.98 Å². The van der Waals surface area contributed by atoms with Gasteiger partial charge in [-0.1, -0.05) is 0 Å². The van der Waals surface area contributed by atoms with Crippen molar-refractivity contribution in [3.63, 3.8) is 0 Å². The Morgan fingerprint density at radius 3 is 2.75 bits per heavy atom. The van der Waals surface area contributed by atoms with Gasteiger partial charge in [-0.05, 0) is 40.2 Å². The summed E-state index contributed by atoms with van der Waals surface area (Å²) >= 11 is 3.13. The third-order valence-electron chi connectivity index (χ3n) is 2.39. The lowest BCUT2D eigenvalue weighted by Crippen LogP contribution is -2.12. The van der Waals surface area contributed by atoms with Gasteiger partial charge >= 0.3 is 5.69 Å². The molecule has 20 heavy (non-hydrogen) atoms. The molecule has 2 aromatic rings. The van der Waals surface area contributed by atoms with Crippen LogP contribution in [0.3, 0.4) is 0 Å². The number of pyridine rings is 1. The zero-order valence-corrected chi connectivity index (χ0v) is 11.4. The average molecular weight is 340 g/mol. The third kappa shape index (κ3) is 3.15. The molecule has 1 aromatic heterocycles. The van der Waals surface area contributed by atoms with Crippen molar-refractivity contribution in [1.29, 1.82) is 0 Å². The van der Waals surface area contributed by atoms with Crippen LogP contribution in [0.25, 0.3) is 0 Å². The van der Waals surface area contributed by atoms with Gasteiger partial charge in [-0.2, -0.15) is 4.39 Å². The van der Waals surface area contributed by atoms with Crippen molar-refractivity contribution >= 4 is 33.2 Å². The van der Waals surface area contributed by atoms with Crippen LogP contribution in [0.4, 0.5) is 15.8 Å². The number of nitro groups is 1. The molecule has 8 heteroatoms. The monoisotopic (exact) mass is 339 g/mol. The molecule has 0 radical (unpaired) electrons. The number of nitrogens with one attached hydrogen (secondary N) is 1. The maximum absolute atomic E-state index is 13.2. The lowest BCUT2D eigenvalue weighted by molar-refractivity contribution is -0.387. The highest BCUT2D eigenvalue weighted by molar-refractivity contribution is 9.10. The molecule has 0 unspecified atom stereocenters. The topological polar surface area (TPSA) is 85.1 Å². The van der Waals surface area contributed by atoms with Crippen LogP contribution in [0.1, 0.15) is 10.4 Å². The van der Waals surface area contributed by atoms with Gasteiger partial charge in [0.1, 0.15) is 4.60 Å². The molecule has 1 amide bonds. The van der Waals surface area contributed by atoms with Crippen molar-refractivity contribution in [2.75, 3.05) is 5.32 Å². The number of hydrogen-bond acceptors (Lipinski definition) is 4. The molecule has 0 bridgehead atoms. The fourth-order valence-corrected chi connectivity index (χ4v) is 1.84. The minimum Gasteiger partial charge on any atom is -0.322 e. The highest BCUT2D eigenvalue weighted by atomic mass is 79.9. The highest BCUT2D eigenvalue weighted by Gasteiger charge is 2.15. The van der Waals surface area contributed by atoms with Crippen molar-refractivity contribution in [2.24, 2.45) is 0 Å². The third-order valence-corrected chi connectivity index (χ3v) is 2.82. The van der Waals surface area contributed by atoms with E-state index in [9.17, 15) is 19.3 Å². The Kier molecular flexibility index (Phi) is 4.04. The number of amides is 1. The minimum atomic E-state index is -0.959. The Morgan fingerprint density at radius 2 is 2.10 bits per heavy atom. The first-order valence-electron chi connectivity index (χ1n) is 5.34. The predicted octanol–water partition coefficient (Wildman–Crippen LogP) is 3.14. The Morgan fingerprint density at radius 1 is 1.35 bits per heavy atom. The molecule has 0 fully saturated rings. The van der Waals surface area contributed by atoms with Gasteiger partial charge in [-0.25, -0.2) is 4.98 Å². The molecule has 6 nitrogen and oxygen atoms in total. The molecule has 1 aromatic carbocycles. The molecular weight excluding hydrogens is 333 g/mol. The summed E-state index contributed by atoms with van der Waals surface area (Å²) in [5.74, 6) is -1.44. The fraction of sp³-hybridized carbons (Fsp3) is 0. The molecular formula is C12H7BrFN3O3. The second-order valence-electron chi connectivity index (χ2n) is 3.74. The van der Waals surface area contributed by atoms with E-state index >= 15 is 0 Å². The van der Waals surface area contributed by atoms with Crippen molar-refractivity contribution < 1.29 is 14.1 Å². The van der Waals surface area contributed by atoms with E-state index < -0.39 is 22.3 Å². The SMILES string of the molecule is O=C(Nc1ccc(F)c([N+](=O)[O-])c1)c1ccnc(Br)c1. The molecule has 0 aliphatic rings. The largest absolute Gasteiger partial charge is 0.322 e. The zero-order valence-electron chi connectivity index (χ0n) is 9.84. The highest BCUT2D eigenvalue weighted by Crippen LogP contribution is 2.22. The first-order chi connectivity index (χ1) is 9.47. The minimum absolute atomic E-state index is 0.135. The Labute approximate surface area is 120 Å². The summed E-state index contributed by atoms with van der Waals surface area (Å²) in [4.78, 5) is 25.5. The quantitative estimate of drug-likeness (QED) is 0.528. The molecule has 0 saturated heterocycles. The number of carbonyl (C=O) groups is 1. The molecule has 1 N–H and O–H groups in total. The van der Waals surface area contributed by atoms with Gasteiger partial charge in [0, 0.05) is 23.5 Å². The lowest BCUT2D eigenvalue weighted by atomic mass is 10.2. The molecule has 1 heterocycles. The van der Waals surface area contributed by atoms with Crippen molar-refractivity contribution in [3.8, 4) is 0 Å². The van der Waals surface area contributed by atoms with Gasteiger partial charge in [0.05, 0.1) is 4.92 Å². The standard InChI is InChI=1S/C12H7BrFN3O3/c13-11-5-7(3-4-15-11)12(18)16-8-1-2-9(14)10(6-8)17(19)20/h1-6H,(H,16,18). The second-order valence-corrected chi connectivity index (χ2v) is 4.56. The van der Waals surface area contributed by atoms with E-state index in [1.54, 1.807) is 0 Å². The van der Waals surface area contributed by atoms with Crippen LogP contribution in [-0.4, -0.2) is 15.8 Å². The molecule has 0 atom stereocenters. The number of aromatic nitrogens is 1. The van der Waals surface area contributed by atoms with Crippen LogP contribution in [-0.2, 0) is 0 Å². The summed E-state index contributed by atoms with van der Waals surface area (Å²) in [5.41, 5.74) is -0.242. The number of hydrogen-bond donors (Lipinski definition) is 1. The zero-order chi connectivity index (χ0) is 14.7. The number of nitro benzene ring substituents is 1. The summed E-state index contributed by atoms with van der Waals surface area (Å²) in [6.45, 7) is 0. The van der Waals surface area contributed by atoms with Crippen LogP contribution in [0.5, 0.6) is 0 Å². The number of carbonyl (C=O) groups excluding carboxylic acids is 1. The average Bonchev–Trinajstić information content (AvgIpc) is 2.40. The molecule has 0 aliphatic carbocycles. The Balaban J connectivity index is 2.24. The first kappa shape index (κ1) is 14.1. The Bertz CT molecular complexity index is 693. The van der Waals surface area contributed by atoms with E-state index in [0.717, 1.165) is 12.1 Å². The van der Waals surface area contributed by atoms with Gasteiger partial charge < -0.3 is 5.32 Å². The number of rotatable bonds is 3. The van der Waals surface area contributed by atoms with Crippen LogP contribution in [0.15, 0.2) is 41.1 Å². The van der Waals surface area contributed by atoms with Crippen molar-refractivity contribution in [2.45, 2.75) is 0 Å². The first-order valence-corrected chi connectivity index (χ1v) is 6.13. The Hall–Kier alpha value is -2.35. The van der Waals surface area contributed by atoms with Gasteiger partial charge in [-0.3, -0.25) is 14.9 Å². The molecule has 0 spiro atoms. The fourth-order valence-electron chi connectivity index (χ4n) is 1.48.